The molecule has 0 saturated carbocycles. The molecule has 0 aromatic heterocycles. The molecule has 0 radical (unpaired) electrons. The number of hydrogen-bond acceptors (Lipinski definition) is 2. The second kappa shape index (κ2) is 3.52. The highest BCUT2D eigenvalue weighted by Gasteiger charge is 2.24. The molecule has 70 valence electrons. The Balaban J connectivity index is 2.07. The number of rotatable bonds is 3. The van der Waals surface area contributed by atoms with Gasteiger partial charge in [0.15, 0.2) is 11.6 Å². The van der Waals surface area contributed by atoms with Crippen LogP contribution in [0.3, 0.4) is 0 Å². The van der Waals surface area contributed by atoms with Gasteiger partial charge in [-0.2, -0.15) is 0 Å². The first-order valence-electron chi connectivity index (χ1n) is 3.96. The van der Waals surface area contributed by atoms with E-state index in [1.165, 1.54) is 12.1 Å². The predicted octanol–water partition coefficient (Wildman–Crippen LogP) is 2.26. The van der Waals surface area contributed by atoms with Crippen LogP contribution in [0.15, 0.2) is 18.2 Å². The molecule has 0 bridgehead atoms. The maximum atomic E-state index is 13.1. The van der Waals surface area contributed by atoms with Crippen molar-refractivity contribution in [2.45, 2.75) is 6.10 Å². The van der Waals surface area contributed by atoms with Crippen LogP contribution < -0.4 is 4.74 Å². The van der Waals surface area contributed by atoms with E-state index in [4.69, 9.17) is 21.1 Å². The maximum Gasteiger partial charge on any atom is 0.173 e. The van der Waals surface area contributed by atoms with E-state index in [1.54, 1.807) is 6.07 Å². The molecule has 0 spiro atoms. The average molecular weight is 203 g/mol. The molecular weight excluding hydrogens is 195 g/mol. The first kappa shape index (κ1) is 8.78. The van der Waals surface area contributed by atoms with Crippen LogP contribution in [0.2, 0.25) is 5.02 Å². The monoisotopic (exact) mass is 202 g/mol. The first-order chi connectivity index (χ1) is 6.27. The lowest BCUT2D eigenvalue weighted by Crippen LogP contribution is -2.05. The molecule has 1 aromatic rings. The van der Waals surface area contributed by atoms with Gasteiger partial charge < -0.3 is 9.47 Å². The van der Waals surface area contributed by atoms with Gasteiger partial charge in [-0.3, -0.25) is 0 Å². The van der Waals surface area contributed by atoms with E-state index in [1.807, 2.05) is 0 Å². The third-order valence-electron chi connectivity index (χ3n) is 1.73. The molecule has 4 heteroatoms. The minimum Gasteiger partial charge on any atom is -0.486 e. The maximum absolute atomic E-state index is 13.1. The van der Waals surface area contributed by atoms with Crippen molar-refractivity contribution in [1.82, 2.24) is 0 Å². The Morgan fingerprint density at radius 1 is 1.62 bits per heavy atom. The molecule has 0 amide bonds. The van der Waals surface area contributed by atoms with Gasteiger partial charge in [0.2, 0.25) is 0 Å². The van der Waals surface area contributed by atoms with Crippen LogP contribution in [0, 0.1) is 5.82 Å². The zero-order valence-electron chi connectivity index (χ0n) is 6.80. The zero-order chi connectivity index (χ0) is 9.26. The lowest BCUT2D eigenvalue weighted by Gasteiger charge is -2.06. The molecule has 1 aliphatic heterocycles. The van der Waals surface area contributed by atoms with Crippen LogP contribution in [-0.4, -0.2) is 19.3 Å². The van der Waals surface area contributed by atoms with E-state index in [0.29, 0.717) is 18.2 Å². The normalized spacial score (nSPS) is 20.0. The van der Waals surface area contributed by atoms with Gasteiger partial charge in [-0.25, -0.2) is 4.39 Å². The second-order valence-electron chi connectivity index (χ2n) is 2.82. The van der Waals surface area contributed by atoms with Gasteiger partial charge in [0.1, 0.15) is 12.7 Å². The smallest absolute Gasteiger partial charge is 0.173 e. The largest absolute Gasteiger partial charge is 0.486 e. The van der Waals surface area contributed by atoms with Crippen molar-refractivity contribution in [1.29, 1.82) is 0 Å². The third-order valence-corrected chi connectivity index (χ3v) is 2.03. The summed E-state index contributed by atoms with van der Waals surface area (Å²) in [7, 11) is 0. The molecule has 0 unspecified atom stereocenters. The van der Waals surface area contributed by atoms with E-state index >= 15 is 0 Å². The van der Waals surface area contributed by atoms with Gasteiger partial charge >= 0.3 is 0 Å². The SMILES string of the molecule is Fc1cccc(Cl)c1OC[C@H]1CO1. The Bertz CT molecular complexity index is 292. The van der Waals surface area contributed by atoms with Gasteiger partial charge in [0, 0.05) is 0 Å². The van der Waals surface area contributed by atoms with Crippen LogP contribution in [0.4, 0.5) is 4.39 Å². The predicted molar refractivity (Wildman–Crippen MR) is 46.6 cm³/mol. The van der Waals surface area contributed by atoms with E-state index in [9.17, 15) is 4.39 Å². The fraction of sp³-hybridized carbons (Fsp3) is 0.333. The van der Waals surface area contributed by atoms with Crippen LogP contribution in [-0.2, 0) is 4.74 Å². The number of halogens is 2. The molecule has 2 rings (SSSR count). The lowest BCUT2D eigenvalue weighted by atomic mass is 10.3. The fourth-order valence-electron chi connectivity index (χ4n) is 0.961. The minimum absolute atomic E-state index is 0.107. The summed E-state index contributed by atoms with van der Waals surface area (Å²) >= 11 is 5.73. The molecule has 0 N–H and O–H groups in total. The number of benzene rings is 1. The summed E-state index contributed by atoms with van der Waals surface area (Å²) in [6.45, 7) is 1.05. The Hall–Kier alpha value is -0.800. The lowest BCUT2D eigenvalue weighted by molar-refractivity contribution is 0.254. The Labute approximate surface area is 80.2 Å². The summed E-state index contributed by atoms with van der Waals surface area (Å²) in [5, 5.41) is 0.292. The summed E-state index contributed by atoms with van der Waals surface area (Å²) in [4.78, 5) is 0. The van der Waals surface area contributed by atoms with Crippen molar-refractivity contribution in [3.8, 4) is 5.75 Å². The van der Waals surface area contributed by atoms with Crippen LogP contribution >= 0.6 is 11.6 Å². The number of epoxide rings is 1. The summed E-state index contributed by atoms with van der Waals surface area (Å²) in [6, 6.07) is 4.45. The third kappa shape index (κ3) is 2.11. The van der Waals surface area contributed by atoms with Crippen LogP contribution in [0.25, 0.3) is 0 Å². The van der Waals surface area contributed by atoms with Crippen molar-refractivity contribution in [2.24, 2.45) is 0 Å². The Morgan fingerprint density at radius 2 is 2.38 bits per heavy atom. The highest BCUT2D eigenvalue weighted by molar-refractivity contribution is 6.32. The van der Waals surface area contributed by atoms with Crippen LogP contribution in [0.5, 0.6) is 5.75 Å². The summed E-state index contributed by atoms with van der Waals surface area (Å²) in [5.41, 5.74) is 0. The van der Waals surface area contributed by atoms with Crippen molar-refractivity contribution in [3.63, 3.8) is 0 Å². The highest BCUT2D eigenvalue weighted by atomic mass is 35.5. The van der Waals surface area contributed by atoms with E-state index in [-0.39, 0.29) is 11.9 Å². The minimum atomic E-state index is -0.437. The summed E-state index contributed by atoms with van der Waals surface area (Å²) < 4.78 is 23.1. The molecule has 0 aliphatic carbocycles. The molecular formula is C9H8ClFO2. The van der Waals surface area contributed by atoms with E-state index in [0.717, 1.165) is 0 Å². The summed E-state index contributed by atoms with van der Waals surface area (Å²) in [5.74, 6) is -0.326. The summed E-state index contributed by atoms with van der Waals surface area (Å²) in [6.07, 6.45) is 0.107. The molecule has 1 fully saturated rings. The van der Waals surface area contributed by atoms with Crippen molar-refractivity contribution >= 4 is 11.6 Å². The van der Waals surface area contributed by atoms with E-state index < -0.39 is 5.82 Å². The Kier molecular flexibility index (Phi) is 2.38. The molecule has 13 heavy (non-hydrogen) atoms. The van der Waals surface area contributed by atoms with Gasteiger partial charge in [0.05, 0.1) is 11.6 Å². The topological polar surface area (TPSA) is 21.8 Å². The molecule has 1 heterocycles. The first-order valence-corrected chi connectivity index (χ1v) is 4.33. The molecule has 1 aromatic carbocycles. The van der Waals surface area contributed by atoms with E-state index in [2.05, 4.69) is 0 Å². The molecule has 1 saturated heterocycles. The number of hydrogen-bond donors (Lipinski definition) is 0. The molecule has 1 aliphatic rings. The van der Waals surface area contributed by atoms with Crippen molar-refractivity contribution in [3.05, 3.63) is 29.0 Å². The van der Waals surface area contributed by atoms with Gasteiger partial charge in [-0.15, -0.1) is 0 Å². The highest BCUT2D eigenvalue weighted by Crippen LogP contribution is 2.27. The van der Waals surface area contributed by atoms with Crippen LogP contribution in [0.1, 0.15) is 0 Å². The van der Waals surface area contributed by atoms with Crippen molar-refractivity contribution < 1.29 is 13.9 Å². The fourth-order valence-corrected chi connectivity index (χ4v) is 1.18. The average Bonchev–Trinajstić information content (AvgIpc) is 2.87. The quantitative estimate of drug-likeness (QED) is 0.702. The molecule has 2 nitrogen and oxygen atoms in total. The number of para-hydroxylation sites is 1. The molecule has 1 atom stereocenters. The standard InChI is InChI=1S/C9H8ClFO2/c10-7-2-1-3-8(11)9(7)13-5-6-4-12-6/h1-3,6H,4-5H2/t6-/m1/s1. The number of ether oxygens (including phenoxy) is 2. The Morgan fingerprint density at radius 3 is 3.00 bits per heavy atom. The van der Waals surface area contributed by atoms with Gasteiger partial charge in [0.25, 0.3) is 0 Å². The second-order valence-corrected chi connectivity index (χ2v) is 3.22. The van der Waals surface area contributed by atoms with Gasteiger partial charge in [-0.1, -0.05) is 17.7 Å². The van der Waals surface area contributed by atoms with Crippen molar-refractivity contribution in [2.75, 3.05) is 13.2 Å². The zero-order valence-corrected chi connectivity index (χ0v) is 7.55. The van der Waals surface area contributed by atoms with Gasteiger partial charge in [-0.05, 0) is 12.1 Å².